The zero-order valence-electron chi connectivity index (χ0n) is 22.1. The maximum absolute atomic E-state index is 10.5. The number of aliphatic hydroxyl groups is 1. The van der Waals surface area contributed by atoms with E-state index in [9.17, 15) is 5.11 Å². The fourth-order valence-electron chi connectivity index (χ4n) is 4.47. The van der Waals surface area contributed by atoms with Crippen molar-refractivity contribution in [1.29, 1.82) is 0 Å². The lowest BCUT2D eigenvalue weighted by Crippen LogP contribution is -2.50. The first kappa shape index (κ1) is 29.8. The lowest BCUT2D eigenvalue weighted by atomic mass is 9.96. The van der Waals surface area contributed by atoms with Gasteiger partial charge in [-0.2, -0.15) is 0 Å². The Hall–Kier alpha value is -3.76. The maximum atomic E-state index is 10.5. The Balaban J connectivity index is 0.000000631. The monoisotopic (exact) mass is 536 g/mol. The fraction of sp³-hybridized carbons (Fsp3) is 0.333. The van der Waals surface area contributed by atoms with E-state index in [1.165, 1.54) is 11.1 Å². The van der Waals surface area contributed by atoms with Crippen LogP contribution in [-0.2, 0) is 20.9 Å². The van der Waals surface area contributed by atoms with Gasteiger partial charge < -0.3 is 24.8 Å². The molecule has 1 aliphatic rings. The summed E-state index contributed by atoms with van der Waals surface area (Å²) in [5, 5.41) is 25.3. The number of carboxylic acids is 2. The molecule has 3 N–H and O–H groups in total. The van der Waals surface area contributed by atoms with Crippen LogP contribution in [-0.4, -0.2) is 89.6 Å². The molecule has 0 spiro atoms. The number of ether oxygens (including phenoxy) is 2. The molecule has 1 fully saturated rings. The molecule has 208 valence electrons. The summed E-state index contributed by atoms with van der Waals surface area (Å²) in [6.07, 6.45) is -0.492. The molecule has 9 nitrogen and oxygen atoms in total. The van der Waals surface area contributed by atoms with Gasteiger partial charge >= 0.3 is 11.9 Å². The molecule has 1 atom stereocenters. The third kappa shape index (κ3) is 9.81. The first-order valence-electron chi connectivity index (χ1n) is 12.8. The topological polar surface area (TPSA) is 120 Å². The van der Waals surface area contributed by atoms with Crippen molar-refractivity contribution in [2.24, 2.45) is 0 Å². The minimum atomic E-state index is -1.82. The number of hydrogen-bond donors (Lipinski definition) is 3. The van der Waals surface area contributed by atoms with E-state index in [1.807, 2.05) is 24.3 Å². The van der Waals surface area contributed by atoms with E-state index in [1.54, 1.807) is 7.11 Å². The smallest absolute Gasteiger partial charge is 0.414 e. The summed E-state index contributed by atoms with van der Waals surface area (Å²) in [5.74, 6) is -2.82. The quantitative estimate of drug-likeness (QED) is 0.336. The number of carbonyl (C=O) groups is 2. The zero-order valence-corrected chi connectivity index (χ0v) is 22.1. The van der Waals surface area contributed by atoms with E-state index in [2.05, 4.69) is 70.5 Å². The van der Waals surface area contributed by atoms with Gasteiger partial charge in [0.05, 0.1) is 32.5 Å². The average Bonchev–Trinajstić information content (AvgIpc) is 2.96. The van der Waals surface area contributed by atoms with Crippen molar-refractivity contribution in [3.63, 3.8) is 0 Å². The first-order valence-corrected chi connectivity index (χ1v) is 12.8. The molecule has 1 heterocycles. The summed E-state index contributed by atoms with van der Waals surface area (Å²) in [7, 11) is 1.66. The summed E-state index contributed by atoms with van der Waals surface area (Å²) >= 11 is 0. The molecule has 1 unspecified atom stereocenters. The standard InChI is InChI=1S/C28H34N2O3.C2H2O4/c1-32-27-14-12-23(13-15-27)21-33-22-26(31)20-29-16-18-30(19-17-29)28(24-8-4-2-5-9-24)25-10-6-3-7-11-25;3-1(4)2(5)6/h2-15,26,28,31H,16-22H2,1H3;(H,3,4)(H,5,6). The molecule has 0 saturated carbocycles. The number of methoxy groups -OCH3 is 1. The molecule has 0 aromatic heterocycles. The van der Waals surface area contributed by atoms with Crippen LogP contribution in [0, 0.1) is 0 Å². The third-order valence-corrected chi connectivity index (χ3v) is 6.39. The number of carboxylic acid groups (broad SMARTS) is 2. The molecule has 0 bridgehead atoms. The minimum Gasteiger partial charge on any atom is -0.497 e. The third-order valence-electron chi connectivity index (χ3n) is 6.39. The normalized spacial score (nSPS) is 14.7. The van der Waals surface area contributed by atoms with Gasteiger partial charge in [-0.1, -0.05) is 72.8 Å². The Kier molecular flexibility index (Phi) is 11.9. The van der Waals surface area contributed by atoms with E-state index in [4.69, 9.17) is 29.3 Å². The van der Waals surface area contributed by atoms with Gasteiger partial charge in [0.1, 0.15) is 5.75 Å². The van der Waals surface area contributed by atoms with Gasteiger partial charge in [-0.3, -0.25) is 9.80 Å². The van der Waals surface area contributed by atoms with Crippen molar-refractivity contribution >= 4 is 11.9 Å². The van der Waals surface area contributed by atoms with Gasteiger partial charge in [-0.15, -0.1) is 0 Å². The second-order valence-electron chi connectivity index (χ2n) is 9.19. The van der Waals surface area contributed by atoms with Crippen molar-refractivity contribution in [1.82, 2.24) is 9.80 Å². The highest BCUT2D eigenvalue weighted by Gasteiger charge is 2.27. The number of rotatable bonds is 10. The first-order chi connectivity index (χ1) is 18.9. The Morgan fingerprint density at radius 3 is 1.77 bits per heavy atom. The summed E-state index contributed by atoms with van der Waals surface area (Å²) in [6, 6.07) is 29.5. The van der Waals surface area contributed by atoms with Crippen LogP contribution in [0.3, 0.4) is 0 Å². The molecule has 3 aromatic rings. The van der Waals surface area contributed by atoms with E-state index in [0.29, 0.717) is 19.8 Å². The molecular weight excluding hydrogens is 500 g/mol. The Bertz CT molecular complexity index is 1080. The second kappa shape index (κ2) is 15.6. The fourth-order valence-corrected chi connectivity index (χ4v) is 4.47. The van der Waals surface area contributed by atoms with E-state index in [-0.39, 0.29) is 6.04 Å². The van der Waals surface area contributed by atoms with Crippen molar-refractivity contribution < 1.29 is 34.4 Å². The van der Waals surface area contributed by atoms with Gasteiger partial charge in [0.2, 0.25) is 0 Å². The highest BCUT2D eigenvalue weighted by molar-refractivity contribution is 6.27. The molecule has 39 heavy (non-hydrogen) atoms. The summed E-state index contributed by atoms with van der Waals surface area (Å²) in [5.41, 5.74) is 3.72. The van der Waals surface area contributed by atoms with Crippen LogP contribution in [0.5, 0.6) is 5.75 Å². The van der Waals surface area contributed by atoms with Crippen LogP contribution < -0.4 is 4.74 Å². The number of benzene rings is 3. The van der Waals surface area contributed by atoms with E-state index >= 15 is 0 Å². The molecule has 1 saturated heterocycles. The number of aliphatic carboxylic acids is 2. The predicted octanol–water partition coefficient (Wildman–Crippen LogP) is 3.14. The SMILES string of the molecule is COc1ccc(COCC(O)CN2CCN(C(c3ccccc3)c3ccccc3)CC2)cc1.O=C(O)C(=O)O. The summed E-state index contributed by atoms with van der Waals surface area (Å²) in [6.45, 7) is 5.27. The Morgan fingerprint density at radius 2 is 1.31 bits per heavy atom. The molecule has 3 aromatic carbocycles. The average molecular weight is 537 g/mol. The van der Waals surface area contributed by atoms with Gasteiger partial charge in [-0.25, -0.2) is 9.59 Å². The molecule has 0 radical (unpaired) electrons. The number of aliphatic hydroxyl groups excluding tert-OH is 1. The predicted molar refractivity (Wildman–Crippen MR) is 147 cm³/mol. The summed E-state index contributed by atoms with van der Waals surface area (Å²) in [4.78, 5) is 23.1. The van der Waals surface area contributed by atoms with Crippen LogP contribution in [0.1, 0.15) is 22.7 Å². The zero-order chi connectivity index (χ0) is 28.0. The second-order valence-corrected chi connectivity index (χ2v) is 9.19. The Labute approximate surface area is 228 Å². The van der Waals surface area contributed by atoms with E-state index < -0.39 is 18.0 Å². The maximum Gasteiger partial charge on any atom is 0.414 e. The van der Waals surface area contributed by atoms with Crippen LogP contribution in [0.4, 0.5) is 0 Å². The molecule has 0 aliphatic carbocycles. The molecular formula is C30H36N2O7. The van der Waals surface area contributed by atoms with Gasteiger partial charge in [0.25, 0.3) is 0 Å². The van der Waals surface area contributed by atoms with Crippen molar-refractivity contribution in [2.45, 2.75) is 18.8 Å². The minimum absolute atomic E-state index is 0.257. The number of β-amino-alcohol motifs (C(OH)–C–C–N with tert-alkyl or cyclic N) is 1. The van der Waals surface area contributed by atoms with Crippen molar-refractivity contribution in [2.75, 3.05) is 46.4 Å². The Morgan fingerprint density at radius 1 is 0.795 bits per heavy atom. The van der Waals surface area contributed by atoms with E-state index in [0.717, 1.165) is 37.5 Å². The molecule has 1 aliphatic heterocycles. The molecule has 9 heteroatoms. The largest absolute Gasteiger partial charge is 0.497 e. The van der Waals surface area contributed by atoms with Crippen LogP contribution in [0.15, 0.2) is 84.9 Å². The van der Waals surface area contributed by atoms with Crippen LogP contribution in [0.25, 0.3) is 0 Å². The lowest BCUT2D eigenvalue weighted by molar-refractivity contribution is -0.159. The van der Waals surface area contributed by atoms with Gasteiger partial charge in [0.15, 0.2) is 0 Å². The van der Waals surface area contributed by atoms with Crippen molar-refractivity contribution in [3.05, 3.63) is 102 Å². The van der Waals surface area contributed by atoms with Crippen LogP contribution >= 0.6 is 0 Å². The molecule has 4 rings (SSSR count). The van der Waals surface area contributed by atoms with Gasteiger partial charge in [0, 0.05) is 32.7 Å². The highest BCUT2D eigenvalue weighted by Crippen LogP contribution is 2.29. The molecule has 0 amide bonds. The number of piperazine rings is 1. The summed E-state index contributed by atoms with van der Waals surface area (Å²) < 4.78 is 10.9. The number of nitrogens with zero attached hydrogens (tertiary/aromatic N) is 2. The highest BCUT2D eigenvalue weighted by atomic mass is 16.5. The number of hydrogen-bond acceptors (Lipinski definition) is 7. The van der Waals surface area contributed by atoms with Crippen LogP contribution in [0.2, 0.25) is 0 Å². The van der Waals surface area contributed by atoms with Gasteiger partial charge in [-0.05, 0) is 28.8 Å². The lowest BCUT2D eigenvalue weighted by Gasteiger charge is -2.40. The van der Waals surface area contributed by atoms with Crippen molar-refractivity contribution in [3.8, 4) is 5.75 Å².